The van der Waals surface area contributed by atoms with Gasteiger partial charge in [-0.05, 0) is 24.6 Å². The van der Waals surface area contributed by atoms with E-state index in [1.54, 1.807) is 26.2 Å². The molecule has 5 nitrogen and oxygen atoms in total. The monoisotopic (exact) mass is 275 g/mol. The summed E-state index contributed by atoms with van der Waals surface area (Å²) in [5, 5.41) is 0.719. The summed E-state index contributed by atoms with van der Waals surface area (Å²) >= 11 is 0. The maximum atomic E-state index is 12.1. The van der Waals surface area contributed by atoms with Gasteiger partial charge in [0.15, 0.2) is 5.78 Å². The van der Waals surface area contributed by atoms with Crippen LogP contribution in [0.25, 0.3) is 10.9 Å². The standard InChI is InChI=1S/C15H17NO4/c1-5-10(17)9-6-7-11(19-3)14-12(9)8(2)13(16-14)15(18)20-4/h6-7,16H,5H2,1-4H3. The molecule has 0 bridgehead atoms. The number of aromatic amines is 1. The number of carbonyl (C=O) groups excluding carboxylic acids is 2. The van der Waals surface area contributed by atoms with Crippen LogP contribution in [0.4, 0.5) is 0 Å². The SMILES string of the molecule is CCC(=O)c1ccc(OC)c2[nH]c(C(=O)OC)c(C)c12. The largest absolute Gasteiger partial charge is 0.495 e. The van der Waals surface area contributed by atoms with Crippen molar-refractivity contribution in [2.75, 3.05) is 14.2 Å². The van der Waals surface area contributed by atoms with Crippen molar-refractivity contribution in [2.45, 2.75) is 20.3 Å². The third-order valence-electron chi connectivity index (χ3n) is 3.40. The highest BCUT2D eigenvalue weighted by Crippen LogP contribution is 2.33. The predicted octanol–water partition coefficient (Wildman–Crippen LogP) is 2.86. The van der Waals surface area contributed by atoms with Crippen LogP contribution in [0.15, 0.2) is 12.1 Å². The third kappa shape index (κ3) is 2.05. The number of ether oxygens (including phenoxy) is 2. The van der Waals surface area contributed by atoms with Gasteiger partial charge in [-0.15, -0.1) is 0 Å². The molecule has 0 atom stereocenters. The second-order valence-electron chi connectivity index (χ2n) is 4.46. The minimum Gasteiger partial charge on any atom is -0.495 e. The van der Waals surface area contributed by atoms with Crippen LogP contribution in [-0.2, 0) is 4.74 Å². The molecule has 1 aromatic heterocycles. The molecule has 0 spiro atoms. The van der Waals surface area contributed by atoms with Crippen molar-refractivity contribution in [3.63, 3.8) is 0 Å². The number of Topliss-reactive ketones (excluding diaryl/α,β-unsaturated/α-hetero) is 1. The number of rotatable bonds is 4. The van der Waals surface area contributed by atoms with Gasteiger partial charge in [-0.2, -0.15) is 0 Å². The van der Waals surface area contributed by atoms with E-state index in [4.69, 9.17) is 9.47 Å². The molecule has 0 unspecified atom stereocenters. The van der Waals surface area contributed by atoms with Gasteiger partial charge in [0.2, 0.25) is 0 Å². The van der Waals surface area contributed by atoms with Gasteiger partial charge in [0.25, 0.3) is 0 Å². The van der Waals surface area contributed by atoms with Crippen LogP contribution in [0.3, 0.4) is 0 Å². The molecule has 1 N–H and O–H groups in total. The fourth-order valence-electron chi connectivity index (χ4n) is 2.34. The number of hydrogen-bond acceptors (Lipinski definition) is 4. The highest BCUT2D eigenvalue weighted by molar-refractivity contribution is 6.12. The molecule has 2 rings (SSSR count). The van der Waals surface area contributed by atoms with E-state index in [-0.39, 0.29) is 5.78 Å². The molecule has 0 radical (unpaired) electrons. The molecule has 0 aliphatic carbocycles. The number of nitrogens with one attached hydrogen (secondary N) is 1. The fraction of sp³-hybridized carbons (Fsp3) is 0.333. The summed E-state index contributed by atoms with van der Waals surface area (Å²) in [6, 6.07) is 3.46. The van der Waals surface area contributed by atoms with Gasteiger partial charge in [-0.1, -0.05) is 6.92 Å². The van der Waals surface area contributed by atoms with Crippen molar-refractivity contribution >= 4 is 22.7 Å². The Hall–Kier alpha value is -2.30. The summed E-state index contributed by atoms with van der Waals surface area (Å²) in [7, 11) is 2.87. The van der Waals surface area contributed by atoms with Crippen molar-refractivity contribution in [1.29, 1.82) is 0 Å². The van der Waals surface area contributed by atoms with E-state index in [1.807, 2.05) is 6.92 Å². The summed E-state index contributed by atoms with van der Waals surface area (Å²) < 4.78 is 10.0. The summed E-state index contributed by atoms with van der Waals surface area (Å²) in [5.41, 5.74) is 2.27. The Balaban J connectivity index is 2.83. The second-order valence-corrected chi connectivity index (χ2v) is 4.46. The average Bonchev–Trinajstić information content (AvgIpc) is 2.83. The fourth-order valence-corrected chi connectivity index (χ4v) is 2.34. The lowest BCUT2D eigenvalue weighted by molar-refractivity contribution is 0.0594. The van der Waals surface area contributed by atoms with Gasteiger partial charge < -0.3 is 14.5 Å². The second kappa shape index (κ2) is 5.36. The lowest BCUT2D eigenvalue weighted by Crippen LogP contribution is -2.03. The Kier molecular flexibility index (Phi) is 3.79. The summed E-state index contributed by atoms with van der Waals surface area (Å²) in [6.07, 6.45) is 0.402. The first kappa shape index (κ1) is 14.1. The maximum absolute atomic E-state index is 12.1. The lowest BCUT2D eigenvalue weighted by atomic mass is 10.0. The molecule has 2 aromatic rings. The highest BCUT2D eigenvalue weighted by Gasteiger charge is 2.21. The number of fused-ring (bicyclic) bond motifs is 1. The number of ketones is 1. The van der Waals surface area contributed by atoms with Crippen LogP contribution in [0, 0.1) is 6.92 Å². The number of H-pyrrole nitrogens is 1. The summed E-state index contributed by atoms with van der Waals surface area (Å²) in [6.45, 7) is 3.60. The maximum Gasteiger partial charge on any atom is 0.354 e. The number of carbonyl (C=O) groups is 2. The van der Waals surface area contributed by atoms with Gasteiger partial charge in [0.1, 0.15) is 11.4 Å². The number of hydrogen-bond donors (Lipinski definition) is 1. The van der Waals surface area contributed by atoms with Crippen LogP contribution < -0.4 is 4.74 Å². The number of methoxy groups -OCH3 is 2. The number of aromatic nitrogens is 1. The van der Waals surface area contributed by atoms with Crippen molar-refractivity contribution in [2.24, 2.45) is 0 Å². The van der Waals surface area contributed by atoms with Crippen LogP contribution in [0.1, 0.15) is 39.8 Å². The molecule has 1 heterocycles. The molecule has 0 fully saturated rings. The highest BCUT2D eigenvalue weighted by atomic mass is 16.5. The van der Waals surface area contributed by atoms with Crippen LogP contribution in [0.5, 0.6) is 5.75 Å². The molecule has 106 valence electrons. The Morgan fingerprint density at radius 2 is 1.95 bits per heavy atom. The number of benzene rings is 1. The zero-order chi connectivity index (χ0) is 14.9. The Labute approximate surface area is 116 Å². The predicted molar refractivity (Wildman–Crippen MR) is 75.5 cm³/mol. The molecule has 20 heavy (non-hydrogen) atoms. The van der Waals surface area contributed by atoms with Crippen molar-refractivity contribution < 1.29 is 19.1 Å². The van der Waals surface area contributed by atoms with Crippen molar-refractivity contribution in [3.05, 3.63) is 29.0 Å². The smallest absolute Gasteiger partial charge is 0.354 e. The molecule has 0 amide bonds. The van der Waals surface area contributed by atoms with Gasteiger partial charge in [-0.25, -0.2) is 4.79 Å². The van der Waals surface area contributed by atoms with E-state index >= 15 is 0 Å². The van der Waals surface area contributed by atoms with Gasteiger partial charge in [0.05, 0.1) is 19.7 Å². The van der Waals surface area contributed by atoms with E-state index in [1.165, 1.54) is 7.11 Å². The molecule has 1 aromatic carbocycles. The molecule has 0 saturated heterocycles. The topological polar surface area (TPSA) is 68.4 Å². The van der Waals surface area contributed by atoms with Gasteiger partial charge >= 0.3 is 5.97 Å². The lowest BCUT2D eigenvalue weighted by Gasteiger charge is -2.06. The molecule has 5 heteroatoms. The van der Waals surface area contributed by atoms with E-state index in [0.717, 1.165) is 5.39 Å². The quantitative estimate of drug-likeness (QED) is 0.688. The normalized spacial score (nSPS) is 10.6. The zero-order valence-electron chi connectivity index (χ0n) is 12.0. The minimum atomic E-state index is -0.462. The van der Waals surface area contributed by atoms with E-state index < -0.39 is 5.97 Å². The average molecular weight is 275 g/mol. The Morgan fingerprint density at radius 1 is 1.25 bits per heavy atom. The first-order valence-corrected chi connectivity index (χ1v) is 6.35. The van der Waals surface area contributed by atoms with Crippen LogP contribution >= 0.6 is 0 Å². The van der Waals surface area contributed by atoms with Gasteiger partial charge in [-0.3, -0.25) is 4.79 Å². The van der Waals surface area contributed by atoms with E-state index in [0.29, 0.717) is 34.5 Å². The minimum absolute atomic E-state index is 0.0242. The third-order valence-corrected chi connectivity index (χ3v) is 3.40. The van der Waals surface area contributed by atoms with Crippen molar-refractivity contribution in [3.8, 4) is 5.75 Å². The molecule has 0 saturated carbocycles. The molecule has 0 aliphatic rings. The van der Waals surface area contributed by atoms with E-state index in [9.17, 15) is 9.59 Å². The molecular weight excluding hydrogens is 258 g/mol. The van der Waals surface area contributed by atoms with Crippen molar-refractivity contribution in [1.82, 2.24) is 4.98 Å². The first-order chi connectivity index (χ1) is 9.54. The summed E-state index contributed by atoms with van der Waals surface area (Å²) in [5.74, 6) is 0.151. The number of esters is 1. The van der Waals surface area contributed by atoms with Gasteiger partial charge in [0, 0.05) is 17.4 Å². The van der Waals surface area contributed by atoms with Crippen LogP contribution in [-0.4, -0.2) is 31.0 Å². The van der Waals surface area contributed by atoms with E-state index in [2.05, 4.69) is 4.98 Å². The Bertz CT molecular complexity index is 685. The summed E-state index contributed by atoms with van der Waals surface area (Å²) in [4.78, 5) is 26.8. The molecular formula is C15H17NO4. The molecule has 0 aliphatic heterocycles. The zero-order valence-corrected chi connectivity index (χ0v) is 12.0. The van der Waals surface area contributed by atoms with Crippen LogP contribution in [0.2, 0.25) is 0 Å². The number of aryl methyl sites for hydroxylation is 1. The first-order valence-electron chi connectivity index (χ1n) is 6.35. The Morgan fingerprint density at radius 3 is 2.50 bits per heavy atom.